The molecule has 0 aromatic heterocycles. The average Bonchev–Trinajstić information content (AvgIpc) is 2.94. The molecule has 2 heterocycles. The molecule has 2 aliphatic heterocycles. The highest BCUT2D eigenvalue weighted by Crippen LogP contribution is 2.32. The number of carbonyl (C=O) groups excluding carboxylic acids is 2. The summed E-state index contributed by atoms with van der Waals surface area (Å²) >= 11 is 0. The minimum atomic E-state index is -0.169. The number of hydrogen-bond donors (Lipinski definition) is 1. The molecule has 6 heteroatoms. The monoisotopic (exact) mass is 385 g/mol. The summed E-state index contributed by atoms with van der Waals surface area (Å²) in [6.07, 6.45) is 2.90. The van der Waals surface area contributed by atoms with Crippen LogP contribution in [-0.2, 0) is 9.59 Å². The van der Waals surface area contributed by atoms with E-state index in [9.17, 15) is 9.59 Å². The molecule has 1 N–H and O–H groups in total. The molecule has 1 fully saturated rings. The number of aliphatic hydroxyl groups is 1. The number of hydrogen-bond acceptors (Lipinski definition) is 5. The summed E-state index contributed by atoms with van der Waals surface area (Å²) in [6.45, 7) is 8.33. The quantitative estimate of drug-likeness (QED) is 0.547. The van der Waals surface area contributed by atoms with Crippen molar-refractivity contribution in [2.24, 2.45) is 0 Å². The first kappa shape index (κ1) is 20.6. The van der Waals surface area contributed by atoms with Crippen LogP contribution in [0.5, 0.6) is 0 Å². The van der Waals surface area contributed by atoms with Crippen molar-refractivity contribution < 1.29 is 14.7 Å². The van der Waals surface area contributed by atoms with E-state index < -0.39 is 0 Å². The maximum absolute atomic E-state index is 13.2. The number of aryl methyl sites for hydroxylation is 1. The van der Waals surface area contributed by atoms with Crippen LogP contribution in [0.3, 0.4) is 0 Å². The molecule has 2 aliphatic rings. The van der Waals surface area contributed by atoms with Crippen molar-refractivity contribution >= 4 is 17.4 Å². The largest absolute Gasteiger partial charge is 0.395 e. The third-order valence-electron chi connectivity index (χ3n) is 5.57. The Morgan fingerprint density at radius 2 is 1.61 bits per heavy atom. The normalized spacial score (nSPS) is 18.5. The summed E-state index contributed by atoms with van der Waals surface area (Å²) in [4.78, 5) is 32.1. The fourth-order valence-corrected chi connectivity index (χ4v) is 3.90. The molecular formula is C22H31N3O3. The second-order valence-electron chi connectivity index (χ2n) is 7.61. The van der Waals surface area contributed by atoms with Gasteiger partial charge in [0.25, 0.3) is 11.8 Å². The number of nitrogens with zero attached hydrogens (tertiary/aromatic N) is 3. The van der Waals surface area contributed by atoms with Crippen LogP contribution in [0, 0.1) is 6.92 Å². The number of unbranched alkanes of at least 4 members (excludes halogenated alkanes) is 2. The lowest BCUT2D eigenvalue weighted by atomic mass is 10.0. The number of rotatable bonds is 8. The average molecular weight is 386 g/mol. The maximum atomic E-state index is 13.2. The number of aliphatic hydroxyl groups excluding tert-OH is 1. The van der Waals surface area contributed by atoms with Gasteiger partial charge in [0.1, 0.15) is 5.70 Å². The van der Waals surface area contributed by atoms with Crippen LogP contribution in [0.25, 0.3) is 5.57 Å². The van der Waals surface area contributed by atoms with Gasteiger partial charge in [-0.05, 0) is 18.9 Å². The fourth-order valence-electron chi connectivity index (χ4n) is 3.90. The molecular weight excluding hydrogens is 354 g/mol. The predicted molar refractivity (Wildman–Crippen MR) is 109 cm³/mol. The molecule has 1 aromatic carbocycles. The van der Waals surface area contributed by atoms with Gasteiger partial charge < -0.3 is 10.0 Å². The van der Waals surface area contributed by atoms with Gasteiger partial charge in [0.2, 0.25) is 0 Å². The number of piperazine rings is 1. The Morgan fingerprint density at radius 1 is 0.929 bits per heavy atom. The molecule has 152 valence electrons. The third kappa shape index (κ3) is 4.28. The smallest absolute Gasteiger partial charge is 0.277 e. The molecule has 0 saturated carbocycles. The molecule has 3 rings (SSSR count). The summed E-state index contributed by atoms with van der Waals surface area (Å²) in [5, 5.41) is 9.15. The first-order chi connectivity index (χ1) is 13.6. The van der Waals surface area contributed by atoms with Crippen molar-refractivity contribution in [2.75, 3.05) is 45.9 Å². The van der Waals surface area contributed by atoms with E-state index in [4.69, 9.17) is 5.11 Å². The van der Waals surface area contributed by atoms with Crippen LogP contribution >= 0.6 is 0 Å². The number of imide groups is 1. The second kappa shape index (κ2) is 9.34. The van der Waals surface area contributed by atoms with Gasteiger partial charge in [-0.25, -0.2) is 0 Å². The van der Waals surface area contributed by atoms with Crippen LogP contribution in [0.4, 0.5) is 0 Å². The molecule has 0 radical (unpaired) electrons. The zero-order valence-electron chi connectivity index (χ0n) is 17.0. The first-order valence-corrected chi connectivity index (χ1v) is 10.3. The molecule has 0 unspecified atom stereocenters. The van der Waals surface area contributed by atoms with Crippen molar-refractivity contribution in [3.8, 4) is 0 Å². The van der Waals surface area contributed by atoms with E-state index in [0.717, 1.165) is 43.5 Å². The summed E-state index contributed by atoms with van der Waals surface area (Å²) in [7, 11) is 0. The van der Waals surface area contributed by atoms with E-state index in [-0.39, 0.29) is 18.4 Å². The lowest BCUT2D eigenvalue weighted by Gasteiger charge is -2.36. The Hall–Kier alpha value is -2.18. The standard InChI is InChI=1S/C22H31N3O3/c1-3-4-5-10-25-21(27)19(18-8-6-17(2)7-9-18)20(22(25)28)24-13-11-23(12-14-24)15-16-26/h6-9,26H,3-5,10-16H2,1-2H3. The zero-order chi connectivity index (χ0) is 20.1. The van der Waals surface area contributed by atoms with E-state index in [1.54, 1.807) is 0 Å². The van der Waals surface area contributed by atoms with Crippen molar-refractivity contribution in [3.05, 3.63) is 41.1 Å². The molecule has 28 heavy (non-hydrogen) atoms. The number of carbonyl (C=O) groups is 2. The molecule has 6 nitrogen and oxygen atoms in total. The second-order valence-corrected chi connectivity index (χ2v) is 7.61. The highest BCUT2D eigenvalue weighted by Gasteiger charge is 2.41. The molecule has 0 atom stereocenters. The van der Waals surface area contributed by atoms with Gasteiger partial charge in [-0.3, -0.25) is 19.4 Å². The Labute approximate surface area is 167 Å². The third-order valence-corrected chi connectivity index (χ3v) is 5.57. The summed E-state index contributed by atoms with van der Waals surface area (Å²) < 4.78 is 0. The van der Waals surface area contributed by atoms with Crippen LogP contribution in [-0.4, -0.2) is 77.5 Å². The van der Waals surface area contributed by atoms with Crippen LogP contribution in [0.2, 0.25) is 0 Å². The summed E-state index contributed by atoms with van der Waals surface area (Å²) in [6, 6.07) is 7.84. The van der Waals surface area contributed by atoms with Gasteiger partial charge in [0.05, 0.1) is 12.2 Å². The van der Waals surface area contributed by atoms with Gasteiger partial charge in [0, 0.05) is 39.3 Å². The molecule has 0 spiro atoms. The Kier molecular flexibility index (Phi) is 6.86. The first-order valence-electron chi connectivity index (χ1n) is 10.3. The van der Waals surface area contributed by atoms with Crippen molar-refractivity contribution in [1.29, 1.82) is 0 Å². The van der Waals surface area contributed by atoms with E-state index in [1.807, 2.05) is 31.2 Å². The Morgan fingerprint density at radius 3 is 2.21 bits per heavy atom. The highest BCUT2D eigenvalue weighted by molar-refractivity contribution is 6.35. The van der Waals surface area contributed by atoms with E-state index in [2.05, 4.69) is 16.7 Å². The Balaban J connectivity index is 1.89. The summed E-state index contributed by atoms with van der Waals surface area (Å²) in [5.41, 5.74) is 3.03. The minimum absolute atomic E-state index is 0.139. The zero-order valence-corrected chi connectivity index (χ0v) is 17.0. The van der Waals surface area contributed by atoms with Crippen molar-refractivity contribution in [3.63, 3.8) is 0 Å². The van der Waals surface area contributed by atoms with Gasteiger partial charge in [-0.1, -0.05) is 49.6 Å². The number of β-amino-alcohol motifs (C(OH)–C–C–N with tert-alkyl or cyclic N) is 1. The van der Waals surface area contributed by atoms with Gasteiger partial charge in [-0.15, -0.1) is 0 Å². The molecule has 0 aliphatic carbocycles. The number of amides is 2. The maximum Gasteiger partial charge on any atom is 0.277 e. The Bertz CT molecular complexity index is 734. The highest BCUT2D eigenvalue weighted by atomic mass is 16.3. The topological polar surface area (TPSA) is 64.1 Å². The lowest BCUT2D eigenvalue weighted by molar-refractivity contribution is -0.137. The number of benzene rings is 1. The van der Waals surface area contributed by atoms with Gasteiger partial charge in [0.15, 0.2) is 0 Å². The van der Waals surface area contributed by atoms with Crippen LogP contribution in [0.15, 0.2) is 30.0 Å². The molecule has 1 aromatic rings. The van der Waals surface area contributed by atoms with Crippen LogP contribution in [0.1, 0.15) is 37.3 Å². The fraction of sp³-hybridized carbons (Fsp3) is 0.545. The van der Waals surface area contributed by atoms with E-state index >= 15 is 0 Å². The molecule has 2 amide bonds. The van der Waals surface area contributed by atoms with Gasteiger partial charge >= 0.3 is 0 Å². The van der Waals surface area contributed by atoms with Crippen LogP contribution < -0.4 is 0 Å². The lowest BCUT2D eigenvalue weighted by Crippen LogP contribution is -2.48. The summed E-state index contributed by atoms with van der Waals surface area (Å²) in [5.74, 6) is -0.329. The van der Waals surface area contributed by atoms with Gasteiger partial charge in [-0.2, -0.15) is 0 Å². The SMILES string of the molecule is CCCCCN1C(=O)C(c2ccc(C)cc2)=C(N2CCN(CCO)CC2)C1=O. The minimum Gasteiger partial charge on any atom is -0.395 e. The predicted octanol–water partition coefficient (Wildman–Crippen LogP) is 1.88. The molecule has 1 saturated heterocycles. The van der Waals surface area contributed by atoms with Crippen molar-refractivity contribution in [2.45, 2.75) is 33.1 Å². The van der Waals surface area contributed by atoms with Crippen molar-refractivity contribution in [1.82, 2.24) is 14.7 Å². The van der Waals surface area contributed by atoms with E-state index in [1.165, 1.54) is 4.90 Å². The van der Waals surface area contributed by atoms with E-state index in [0.29, 0.717) is 37.4 Å². The molecule has 0 bridgehead atoms.